The van der Waals surface area contributed by atoms with E-state index in [0.717, 1.165) is 11.3 Å². The van der Waals surface area contributed by atoms with E-state index in [2.05, 4.69) is 10.4 Å². The van der Waals surface area contributed by atoms with E-state index < -0.39 is 0 Å². The van der Waals surface area contributed by atoms with Crippen LogP contribution in [0.4, 0.5) is 0 Å². The van der Waals surface area contributed by atoms with Crippen LogP contribution >= 0.6 is 0 Å². The van der Waals surface area contributed by atoms with E-state index in [4.69, 9.17) is 4.74 Å². The van der Waals surface area contributed by atoms with Crippen molar-refractivity contribution in [2.24, 2.45) is 0 Å². The number of ether oxygens (including phenoxy) is 1. The van der Waals surface area contributed by atoms with Crippen LogP contribution in [0.1, 0.15) is 31.9 Å². The molecule has 0 spiro atoms. The minimum Gasteiger partial charge on any atom is -0.494 e. The summed E-state index contributed by atoms with van der Waals surface area (Å²) in [6.07, 6.45) is 4.00. The Morgan fingerprint density at radius 2 is 2.14 bits per heavy atom. The minimum absolute atomic E-state index is 0.0203. The summed E-state index contributed by atoms with van der Waals surface area (Å²) in [6.45, 7) is 5.11. The summed E-state index contributed by atoms with van der Waals surface area (Å²) in [5.74, 6) is 0.867. The Balaban J connectivity index is 1.78. The molecule has 5 nitrogen and oxygen atoms in total. The summed E-state index contributed by atoms with van der Waals surface area (Å²) >= 11 is 0. The summed E-state index contributed by atoms with van der Waals surface area (Å²) in [5, 5.41) is 7.06. The number of nitrogens with zero attached hydrogens (tertiary/aromatic N) is 2. The topological polar surface area (TPSA) is 56.1 Å². The lowest BCUT2D eigenvalue weighted by Crippen LogP contribution is -2.25. The third-order valence-electron chi connectivity index (χ3n) is 3.18. The molecular formula is C16H21N3O2. The molecule has 0 fully saturated rings. The molecule has 0 aliphatic heterocycles. The fraction of sp³-hybridized carbons (Fsp3) is 0.375. The lowest BCUT2D eigenvalue weighted by Gasteiger charge is -2.12. The Morgan fingerprint density at radius 1 is 1.38 bits per heavy atom. The SMILES string of the molecule is CCOc1ccc(CNC(=O)C[C@H](C)n2cccn2)cc1. The van der Waals surface area contributed by atoms with Crippen LogP contribution in [-0.4, -0.2) is 22.3 Å². The lowest BCUT2D eigenvalue weighted by atomic mass is 10.2. The molecule has 0 aliphatic rings. The van der Waals surface area contributed by atoms with E-state index in [9.17, 15) is 4.79 Å². The quantitative estimate of drug-likeness (QED) is 0.851. The van der Waals surface area contributed by atoms with Gasteiger partial charge in [-0.3, -0.25) is 9.48 Å². The summed E-state index contributed by atoms with van der Waals surface area (Å²) in [6, 6.07) is 9.66. The van der Waals surface area contributed by atoms with Crippen LogP contribution < -0.4 is 10.1 Å². The van der Waals surface area contributed by atoms with Crippen molar-refractivity contribution in [3.8, 4) is 5.75 Å². The first kappa shape index (κ1) is 15.1. The molecule has 0 aliphatic carbocycles. The Morgan fingerprint density at radius 3 is 2.76 bits per heavy atom. The van der Waals surface area contributed by atoms with Crippen molar-refractivity contribution in [1.82, 2.24) is 15.1 Å². The molecule has 2 rings (SSSR count). The molecule has 0 radical (unpaired) electrons. The predicted molar refractivity (Wildman–Crippen MR) is 81.0 cm³/mol. The van der Waals surface area contributed by atoms with Gasteiger partial charge in [-0.25, -0.2) is 0 Å². The number of carbonyl (C=O) groups excluding carboxylic acids is 1. The standard InChI is InChI=1S/C16H21N3O2/c1-3-21-15-7-5-14(6-8-15)12-17-16(20)11-13(2)19-10-4-9-18-19/h4-10,13H,3,11-12H2,1-2H3,(H,17,20)/t13-/m0/s1. The van der Waals surface area contributed by atoms with Crippen LogP contribution in [0.2, 0.25) is 0 Å². The fourth-order valence-electron chi connectivity index (χ4n) is 2.05. The van der Waals surface area contributed by atoms with Gasteiger partial charge in [0.1, 0.15) is 5.75 Å². The number of hydrogen-bond donors (Lipinski definition) is 1. The van der Waals surface area contributed by atoms with Gasteiger partial charge in [0.25, 0.3) is 0 Å². The van der Waals surface area contributed by atoms with Crippen molar-refractivity contribution < 1.29 is 9.53 Å². The third-order valence-corrected chi connectivity index (χ3v) is 3.18. The zero-order chi connectivity index (χ0) is 15.1. The van der Waals surface area contributed by atoms with Crippen molar-refractivity contribution in [2.45, 2.75) is 32.9 Å². The molecule has 0 unspecified atom stereocenters. The van der Waals surface area contributed by atoms with Crippen LogP contribution in [0, 0.1) is 0 Å². The average molecular weight is 287 g/mol. The number of aromatic nitrogens is 2. The maximum atomic E-state index is 11.9. The van der Waals surface area contributed by atoms with Crippen molar-refractivity contribution in [3.63, 3.8) is 0 Å². The van der Waals surface area contributed by atoms with Gasteiger partial charge >= 0.3 is 0 Å². The Hall–Kier alpha value is -2.30. The zero-order valence-corrected chi connectivity index (χ0v) is 12.5. The van der Waals surface area contributed by atoms with Gasteiger partial charge < -0.3 is 10.1 Å². The maximum absolute atomic E-state index is 11.9. The van der Waals surface area contributed by atoms with Gasteiger partial charge in [-0.1, -0.05) is 12.1 Å². The molecular weight excluding hydrogens is 266 g/mol. The highest BCUT2D eigenvalue weighted by Gasteiger charge is 2.10. The molecule has 0 saturated heterocycles. The zero-order valence-electron chi connectivity index (χ0n) is 12.5. The average Bonchev–Trinajstić information content (AvgIpc) is 3.01. The van der Waals surface area contributed by atoms with E-state index in [1.165, 1.54) is 0 Å². The summed E-state index contributed by atoms with van der Waals surface area (Å²) in [7, 11) is 0. The van der Waals surface area contributed by atoms with Gasteiger partial charge in [-0.2, -0.15) is 5.10 Å². The predicted octanol–water partition coefficient (Wildman–Crippen LogP) is 2.55. The Bertz CT molecular complexity index is 549. The first-order chi connectivity index (χ1) is 10.2. The second-order valence-corrected chi connectivity index (χ2v) is 4.89. The van der Waals surface area contributed by atoms with Crippen molar-refractivity contribution in [1.29, 1.82) is 0 Å². The highest BCUT2D eigenvalue weighted by atomic mass is 16.5. The lowest BCUT2D eigenvalue weighted by molar-refractivity contribution is -0.122. The number of rotatable bonds is 7. The normalized spacial score (nSPS) is 11.9. The van der Waals surface area contributed by atoms with Gasteiger partial charge in [0.05, 0.1) is 12.6 Å². The second kappa shape index (κ2) is 7.47. The van der Waals surface area contributed by atoms with E-state index in [1.807, 2.05) is 50.4 Å². The molecule has 0 bridgehead atoms. The van der Waals surface area contributed by atoms with Crippen LogP contribution in [-0.2, 0) is 11.3 Å². The molecule has 21 heavy (non-hydrogen) atoms. The second-order valence-electron chi connectivity index (χ2n) is 4.89. The first-order valence-corrected chi connectivity index (χ1v) is 7.16. The molecule has 1 heterocycles. The van der Waals surface area contributed by atoms with Crippen LogP contribution in [0.15, 0.2) is 42.7 Å². The van der Waals surface area contributed by atoms with Gasteiger partial charge in [0.15, 0.2) is 0 Å². The number of hydrogen-bond acceptors (Lipinski definition) is 3. The number of nitrogens with one attached hydrogen (secondary N) is 1. The van der Waals surface area contributed by atoms with Gasteiger partial charge in [0.2, 0.25) is 5.91 Å². The molecule has 1 aromatic carbocycles. The Labute approximate surface area is 124 Å². The van der Waals surface area contributed by atoms with Crippen molar-refractivity contribution in [3.05, 3.63) is 48.3 Å². The van der Waals surface area contributed by atoms with Crippen LogP contribution in [0.25, 0.3) is 0 Å². The van der Waals surface area contributed by atoms with E-state index >= 15 is 0 Å². The highest BCUT2D eigenvalue weighted by Crippen LogP contribution is 2.12. The van der Waals surface area contributed by atoms with E-state index in [-0.39, 0.29) is 11.9 Å². The molecule has 1 amide bonds. The minimum atomic E-state index is 0.0203. The number of amides is 1. The van der Waals surface area contributed by atoms with Gasteiger partial charge in [-0.15, -0.1) is 0 Å². The van der Waals surface area contributed by atoms with E-state index in [1.54, 1.807) is 10.9 Å². The fourth-order valence-corrected chi connectivity index (χ4v) is 2.05. The summed E-state index contributed by atoms with van der Waals surface area (Å²) < 4.78 is 7.17. The van der Waals surface area contributed by atoms with Gasteiger partial charge in [-0.05, 0) is 37.6 Å². The maximum Gasteiger partial charge on any atom is 0.222 e. The van der Waals surface area contributed by atoms with E-state index in [0.29, 0.717) is 19.6 Å². The summed E-state index contributed by atoms with van der Waals surface area (Å²) in [4.78, 5) is 11.9. The molecule has 2 aromatic rings. The molecule has 112 valence electrons. The largest absolute Gasteiger partial charge is 0.494 e. The smallest absolute Gasteiger partial charge is 0.222 e. The number of benzene rings is 1. The molecule has 1 atom stereocenters. The Kier molecular flexibility index (Phi) is 5.37. The number of carbonyl (C=O) groups is 1. The molecule has 1 aromatic heterocycles. The van der Waals surface area contributed by atoms with Gasteiger partial charge in [0, 0.05) is 25.4 Å². The van der Waals surface area contributed by atoms with Crippen molar-refractivity contribution >= 4 is 5.91 Å². The molecule has 0 saturated carbocycles. The first-order valence-electron chi connectivity index (χ1n) is 7.16. The van der Waals surface area contributed by atoms with Crippen LogP contribution in [0.5, 0.6) is 5.75 Å². The third kappa shape index (κ3) is 4.63. The summed E-state index contributed by atoms with van der Waals surface area (Å²) in [5.41, 5.74) is 1.05. The monoisotopic (exact) mass is 287 g/mol. The van der Waals surface area contributed by atoms with Crippen molar-refractivity contribution in [2.75, 3.05) is 6.61 Å². The highest BCUT2D eigenvalue weighted by molar-refractivity contribution is 5.76. The van der Waals surface area contributed by atoms with Crippen LogP contribution in [0.3, 0.4) is 0 Å². The molecule has 1 N–H and O–H groups in total. The molecule has 5 heteroatoms.